The van der Waals surface area contributed by atoms with Crippen LogP contribution in [0.2, 0.25) is 0 Å². The summed E-state index contributed by atoms with van der Waals surface area (Å²) in [6.07, 6.45) is 3.56. The highest BCUT2D eigenvalue weighted by Crippen LogP contribution is 2.49. The number of methoxy groups -OCH3 is 2. The standard InChI is InChI=1S/C19H14O4/c1-22-17-8-12-11-6-10-4-3-5-15(20)19(10)14(11)7-16(21)13(12)9-18(17)23-2/h3-9,20H,1-2H3. The van der Waals surface area contributed by atoms with Gasteiger partial charge in [-0.1, -0.05) is 12.1 Å². The van der Waals surface area contributed by atoms with Crippen molar-refractivity contribution in [3.05, 3.63) is 58.7 Å². The van der Waals surface area contributed by atoms with Gasteiger partial charge in [-0.2, -0.15) is 0 Å². The summed E-state index contributed by atoms with van der Waals surface area (Å²) in [5.41, 5.74) is 4.64. The number of fused-ring (bicyclic) bond motifs is 5. The highest BCUT2D eigenvalue weighted by Gasteiger charge is 2.31. The number of ether oxygens (including phenoxy) is 2. The van der Waals surface area contributed by atoms with Crippen molar-refractivity contribution < 1.29 is 19.4 Å². The fourth-order valence-corrected chi connectivity index (χ4v) is 3.23. The lowest BCUT2D eigenvalue weighted by Gasteiger charge is -2.19. The van der Waals surface area contributed by atoms with Crippen LogP contribution in [0.1, 0.15) is 27.0 Å². The summed E-state index contributed by atoms with van der Waals surface area (Å²) < 4.78 is 10.6. The SMILES string of the molecule is COc1cc2c(cc1OC)C1=Cc3cccc(O)c3C1=CC2=O. The van der Waals surface area contributed by atoms with Crippen LogP contribution in [0.3, 0.4) is 0 Å². The largest absolute Gasteiger partial charge is 0.507 e. The molecule has 2 aromatic rings. The number of carbonyl (C=O) groups excluding carboxylic acids is 1. The van der Waals surface area contributed by atoms with Crippen molar-refractivity contribution in [2.75, 3.05) is 14.2 Å². The predicted octanol–water partition coefficient (Wildman–Crippen LogP) is 3.54. The van der Waals surface area contributed by atoms with Crippen LogP contribution < -0.4 is 9.47 Å². The number of carbonyl (C=O) groups is 1. The molecule has 2 aliphatic rings. The zero-order chi connectivity index (χ0) is 16.1. The summed E-state index contributed by atoms with van der Waals surface area (Å²) in [6.45, 7) is 0. The van der Waals surface area contributed by atoms with Gasteiger partial charge in [-0.25, -0.2) is 0 Å². The Bertz CT molecular complexity index is 919. The molecule has 1 N–H and O–H groups in total. The molecular formula is C19H14O4. The van der Waals surface area contributed by atoms with E-state index in [0.717, 1.165) is 22.3 Å². The van der Waals surface area contributed by atoms with Crippen LogP contribution in [0.5, 0.6) is 17.2 Å². The van der Waals surface area contributed by atoms with Gasteiger partial charge in [0.2, 0.25) is 0 Å². The molecule has 0 radical (unpaired) electrons. The first-order chi connectivity index (χ1) is 11.1. The number of ketones is 1. The Morgan fingerprint density at radius 3 is 2.30 bits per heavy atom. The molecule has 0 saturated heterocycles. The minimum atomic E-state index is -0.107. The van der Waals surface area contributed by atoms with E-state index in [4.69, 9.17) is 9.47 Å². The fourth-order valence-electron chi connectivity index (χ4n) is 3.23. The van der Waals surface area contributed by atoms with Gasteiger partial charge in [0, 0.05) is 11.1 Å². The van der Waals surface area contributed by atoms with Crippen molar-refractivity contribution in [3.63, 3.8) is 0 Å². The van der Waals surface area contributed by atoms with Gasteiger partial charge in [-0.3, -0.25) is 4.79 Å². The molecule has 0 amide bonds. The van der Waals surface area contributed by atoms with Crippen molar-refractivity contribution in [2.24, 2.45) is 0 Å². The number of allylic oxidation sites excluding steroid dienone is 3. The van der Waals surface area contributed by atoms with Gasteiger partial charge in [0.25, 0.3) is 0 Å². The predicted molar refractivity (Wildman–Crippen MR) is 87.8 cm³/mol. The lowest BCUT2D eigenvalue weighted by atomic mass is 9.85. The second-order valence-corrected chi connectivity index (χ2v) is 5.47. The van der Waals surface area contributed by atoms with Crippen molar-refractivity contribution in [1.82, 2.24) is 0 Å². The van der Waals surface area contributed by atoms with Crippen LogP contribution in [0, 0.1) is 0 Å². The lowest BCUT2D eigenvalue weighted by molar-refractivity contribution is 0.104. The van der Waals surface area contributed by atoms with E-state index in [0.29, 0.717) is 22.6 Å². The van der Waals surface area contributed by atoms with E-state index in [2.05, 4.69) is 0 Å². The molecule has 0 saturated carbocycles. The average molecular weight is 306 g/mol. The summed E-state index contributed by atoms with van der Waals surface area (Å²) in [5, 5.41) is 10.2. The van der Waals surface area contributed by atoms with Gasteiger partial charge in [0.05, 0.1) is 14.2 Å². The number of hydrogen-bond acceptors (Lipinski definition) is 4. The summed E-state index contributed by atoms with van der Waals surface area (Å²) in [6, 6.07) is 8.86. The minimum absolute atomic E-state index is 0.107. The second kappa shape index (κ2) is 4.74. The van der Waals surface area contributed by atoms with E-state index in [9.17, 15) is 9.90 Å². The van der Waals surface area contributed by atoms with E-state index in [1.54, 1.807) is 38.5 Å². The van der Waals surface area contributed by atoms with Gasteiger partial charge >= 0.3 is 0 Å². The average Bonchev–Trinajstić information content (AvgIpc) is 2.93. The molecule has 0 unspecified atom stereocenters. The van der Waals surface area contributed by atoms with Gasteiger partial charge in [-0.05, 0) is 52.6 Å². The molecule has 114 valence electrons. The van der Waals surface area contributed by atoms with Crippen molar-refractivity contribution >= 4 is 23.0 Å². The number of rotatable bonds is 2. The molecule has 4 nitrogen and oxygen atoms in total. The number of hydrogen-bond donors (Lipinski definition) is 1. The van der Waals surface area contributed by atoms with Gasteiger partial charge in [0.1, 0.15) is 5.75 Å². The van der Waals surface area contributed by atoms with E-state index in [-0.39, 0.29) is 11.5 Å². The van der Waals surface area contributed by atoms with Crippen molar-refractivity contribution in [3.8, 4) is 17.2 Å². The first-order valence-corrected chi connectivity index (χ1v) is 7.21. The maximum atomic E-state index is 12.5. The molecule has 0 aliphatic heterocycles. The first kappa shape index (κ1) is 13.6. The Morgan fingerprint density at radius 1 is 0.913 bits per heavy atom. The number of aromatic hydroxyl groups is 1. The Morgan fingerprint density at radius 2 is 1.61 bits per heavy atom. The van der Waals surface area contributed by atoms with E-state index in [1.165, 1.54) is 0 Å². The van der Waals surface area contributed by atoms with Crippen LogP contribution in [-0.2, 0) is 0 Å². The van der Waals surface area contributed by atoms with Gasteiger partial charge < -0.3 is 14.6 Å². The molecule has 0 heterocycles. The smallest absolute Gasteiger partial charge is 0.187 e. The van der Waals surface area contributed by atoms with Gasteiger partial charge in [0.15, 0.2) is 17.3 Å². The Labute approximate surface area is 133 Å². The van der Waals surface area contributed by atoms with Crippen molar-refractivity contribution in [1.29, 1.82) is 0 Å². The van der Waals surface area contributed by atoms with Crippen LogP contribution in [0.25, 0.3) is 17.2 Å². The van der Waals surface area contributed by atoms with E-state index in [1.807, 2.05) is 18.2 Å². The maximum absolute atomic E-state index is 12.5. The Kier molecular flexibility index (Phi) is 2.81. The molecule has 0 aromatic heterocycles. The normalized spacial score (nSPS) is 14.4. The van der Waals surface area contributed by atoms with Crippen molar-refractivity contribution in [2.45, 2.75) is 0 Å². The summed E-state index contributed by atoms with van der Waals surface area (Å²) in [7, 11) is 3.11. The zero-order valence-electron chi connectivity index (χ0n) is 12.7. The van der Waals surface area contributed by atoms with E-state index < -0.39 is 0 Å². The molecule has 23 heavy (non-hydrogen) atoms. The van der Waals surface area contributed by atoms with Crippen LogP contribution >= 0.6 is 0 Å². The van der Waals surface area contributed by atoms with Crippen LogP contribution in [-0.4, -0.2) is 25.1 Å². The number of phenolic OH excluding ortho intramolecular Hbond substituents is 1. The first-order valence-electron chi connectivity index (χ1n) is 7.21. The third-order valence-electron chi connectivity index (χ3n) is 4.29. The topological polar surface area (TPSA) is 55.8 Å². The summed E-state index contributed by atoms with van der Waals surface area (Å²) in [4.78, 5) is 12.5. The third kappa shape index (κ3) is 1.81. The third-order valence-corrected chi connectivity index (χ3v) is 4.29. The minimum Gasteiger partial charge on any atom is -0.507 e. The second-order valence-electron chi connectivity index (χ2n) is 5.47. The summed E-state index contributed by atoms with van der Waals surface area (Å²) >= 11 is 0. The highest BCUT2D eigenvalue weighted by atomic mass is 16.5. The molecule has 0 atom stereocenters. The van der Waals surface area contributed by atoms with E-state index >= 15 is 0 Å². The quantitative estimate of drug-likeness (QED) is 0.922. The molecule has 0 spiro atoms. The van der Waals surface area contributed by atoms with Gasteiger partial charge in [-0.15, -0.1) is 0 Å². The molecule has 2 aromatic carbocycles. The number of benzene rings is 2. The molecule has 4 heteroatoms. The zero-order valence-corrected chi connectivity index (χ0v) is 12.7. The van der Waals surface area contributed by atoms with Crippen LogP contribution in [0.4, 0.5) is 0 Å². The Balaban J connectivity index is 1.99. The fraction of sp³-hybridized carbons (Fsp3) is 0.105. The lowest BCUT2D eigenvalue weighted by Crippen LogP contribution is -2.08. The highest BCUT2D eigenvalue weighted by molar-refractivity contribution is 6.30. The summed E-state index contributed by atoms with van der Waals surface area (Å²) in [5.74, 6) is 1.16. The molecule has 0 bridgehead atoms. The number of phenols is 1. The molecule has 2 aliphatic carbocycles. The molecular weight excluding hydrogens is 292 g/mol. The van der Waals surface area contributed by atoms with Crippen LogP contribution in [0.15, 0.2) is 36.4 Å². The Hall–Kier alpha value is -3.01. The molecule has 4 rings (SSSR count). The maximum Gasteiger partial charge on any atom is 0.187 e. The monoisotopic (exact) mass is 306 g/mol. The molecule has 0 fully saturated rings.